The number of nitrogens with one attached hydrogen (secondary N) is 1. The predicted octanol–water partition coefficient (Wildman–Crippen LogP) is -4.54. The van der Waals surface area contributed by atoms with Crippen LogP contribution in [0.25, 0.3) is 11.2 Å². The average molecular weight is 396 g/mol. The fourth-order valence-electron chi connectivity index (χ4n) is 3.07. The highest BCUT2D eigenvalue weighted by atomic mass is 16.7. The fourth-order valence-corrected chi connectivity index (χ4v) is 3.07. The molecule has 150 valence electrons. The van der Waals surface area contributed by atoms with Crippen LogP contribution in [0.3, 0.4) is 0 Å². The molecule has 0 aliphatic carbocycles. The quantitative estimate of drug-likeness (QED) is 0.362. The second kappa shape index (κ2) is 6.43. The number of aromatic nitrogens is 4. The van der Waals surface area contributed by atoms with Crippen LogP contribution in [0.15, 0.2) is 9.59 Å². The van der Waals surface area contributed by atoms with Crippen molar-refractivity contribution in [1.29, 1.82) is 0 Å². The number of carbonyl (C=O) groups excluding carboxylic acids is 2. The Morgan fingerprint density at radius 2 is 1.71 bits per heavy atom. The molecule has 1 fully saturated rings. The number of carbonyl (C=O) groups is 2. The third-order valence-corrected chi connectivity index (χ3v) is 4.51. The van der Waals surface area contributed by atoms with Gasteiger partial charge in [0.1, 0.15) is 0 Å². The van der Waals surface area contributed by atoms with Crippen LogP contribution in [0.1, 0.15) is 12.8 Å². The van der Waals surface area contributed by atoms with E-state index in [0.717, 1.165) is 12.8 Å². The lowest BCUT2D eigenvalue weighted by Gasteiger charge is -2.30. The van der Waals surface area contributed by atoms with E-state index < -0.39 is 35.4 Å². The lowest BCUT2D eigenvalue weighted by Crippen LogP contribution is -2.48. The van der Waals surface area contributed by atoms with E-state index in [1.54, 1.807) is 4.90 Å². The van der Waals surface area contributed by atoms with Crippen LogP contribution in [0, 0.1) is 0 Å². The van der Waals surface area contributed by atoms with Crippen molar-refractivity contribution in [2.75, 3.05) is 18.0 Å². The van der Waals surface area contributed by atoms with Gasteiger partial charge in [-0.05, 0) is 12.8 Å². The summed E-state index contributed by atoms with van der Waals surface area (Å²) in [6.07, 6.45) is -3.09. The molecule has 2 aromatic rings. The molecule has 0 radical (unpaired) electrons. The first-order valence-electron chi connectivity index (χ1n) is 8.36. The summed E-state index contributed by atoms with van der Waals surface area (Å²) in [6.45, 7) is 1.03. The van der Waals surface area contributed by atoms with Gasteiger partial charge in [-0.25, -0.2) is 14.4 Å². The minimum Gasteiger partial charge on any atom is -0.379 e. The van der Waals surface area contributed by atoms with E-state index >= 15 is 0 Å². The van der Waals surface area contributed by atoms with Crippen molar-refractivity contribution < 1.29 is 29.5 Å². The van der Waals surface area contributed by atoms with E-state index in [1.165, 1.54) is 0 Å². The van der Waals surface area contributed by atoms with Crippen LogP contribution < -0.4 is 31.6 Å². The molecule has 14 heteroatoms. The lowest BCUT2D eigenvalue weighted by atomic mass is 10.1. The summed E-state index contributed by atoms with van der Waals surface area (Å²) >= 11 is 0. The number of nitrogens with zero attached hydrogens (tertiary/aromatic N) is 4. The van der Waals surface area contributed by atoms with E-state index in [9.17, 15) is 29.4 Å². The topological polar surface area (TPSA) is 195 Å². The number of piperidine rings is 1. The number of hydrogen-bond donors (Lipinski definition) is 4. The summed E-state index contributed by atoms with van der Waals surface area (Å²) in [7, 11) is 0. The molecular weight excluding hydrogens is 380 g/mol. The number of hydrogen-bond acceptors (Lipinski definition) is 11. The van der Waals surface area contributed by atoms with Crippen molar-refractivity contribution in [3.05, 3.63) is 20.8 Å². The van der Waals surface area contributed by atoms with E-state index in [0.29, 0.717) is 17.8 Å². The van der Waals surface area contributed by atoms with Crippen LogP contribution in [0.4, 0.5) is 5.95 Å². The number of imidazole rings is 1. The number of H-pyrrole nitrogens is 1. The third-order valence-electron chi connectivity index (χ3n) is 4.51. The number of nitrogens with two attached hydrogens (primary N) is 1. The second-order valence-corrected chi connectivity index (χ2v) is 6.49. The summed E-state index contributed by atoms with van der Waals surface area (Å²) in [5.41, 5.74) is 2.85. The minimum atomic E-state index is -2.36. The number of aliphatic hydroxyl groups is 2. The maximum Gasteiger partial charge on any atom is 0.400 e. The number of rotatable bonds is 1. The molecular formula is C14H16N6O8. The van der Waals surface area contributed by atoms with Crippen LogP contribution in [0.5, 0.6) is 0 Å². The van der Waals surface area contributed by atoms with Gasteiger partial charge in [-0.1, -0.05) is 9.46 Å². The van der Waals surface area contributed by atoms with Gasteiger partial charge in [0.05, 0.1) is 0 Å². The van der Waals surface area contributed by atoms with Crippen LogP contribution >= 0.6 is 0 Å². The highest BCUT2D eigenvalue weighted by molar-refractivity contribution is 5.86. The molecule has 28 heavy (non-hydrogen) atoms. The predicted molar refractivity (Wildman–Crippen MR) is 89.2 cm³/mol. The molecule has 4 heterocycles. The lowest BCUT2D eigenvalue weighted by molar-refractivity contribution is -0.170. The van der Waals surface area contributed by atoms with Crippen molar-refractivity contribution in [1.82, 2.24) is 19.4 Å². The normalized spacial score (nSPS) is 25.7. The molecule has 0 saturated carbocycles. The maximum absolute atomic E-state index is 12.6. The standard InChI is InChI=1S/C14H16N6O8/c15-5-2-1-3-18(4-5)13-16-6-9(17-13)19-14(26)20(10(6)23)28-12(25)8(22)7(21)11(24)27-19/h5,7-8,21-22H,1-4,15H2,(H,16,17)/t5-,7?,8?/m1/s1. The summed E-state index contributed by atoms with van der Waals surface area (Å²) < 4.78 is 0.306. The Morgan fingerprint density at radius 1 is 1.07 bits per heavy atom. The van der Waals surface area contributed by atoms with E-state index in [2.05, 4.69) is 14.8 Å². The average Bonchev–Trinajstić information content (AvgIpc) is 3.12. The Morgan fingerprint density at radius 3 is 2.36 bits per heavy atom. The molecule has 4 rings (SSSR count). The Bertz CT molecular complexity index is 1090. The van der Waals surface area contributed by atoms with Gasteiger partial charge < -0.3 is 35.5 Å². The highest BCUT2D eigenvalue weighted by Gasteiger charge is 2.38. The van der Waals surface area contributed by atoms with Crippen molar-refractivity contribution in [3.8, 4) is 0 Å². The Balaban J connectivity index is 1.91. The Labute approximate surface area is 154 Å². The molecule has 0 aromatic carbocycles. The highest BCUT2D eigenvalue weighted by Crippen LogP contribution is 2.18. The number of fused-ring (bicyclic) bond motifs is 4. The van der Waals surface area contributed by atoms with Crippen LogP contribution in [0.2, 0.25) is 0 Å². The largest absolute Gasteiger partial charge is 0.400 e. The molecule has 2 aliphatic rings. The first-order chi connectivity index (χ1) is 13.3. The first-order valence-corrected chi connectivity index (χ1v) is 8.36. The zero-order chi connectivity index (χ0) is 20.2. The number of aliphatic hydroxyl groups excluding tert-OH is 2. The molecule has 14 nitrogen and oxygen atoms in total. The van der Waals surface area contributed by atoms with Gasteiger partial charge in [0.2, 0.25) is 11.6 Å². The molecule has 2 aromatic heterocycles. The van der Waals surface area contributed by atoms with Crippen LogP contribution in [-0.4, -0.2) is 72.9 Å². The van der Waals surface area contributed by atoms with Gasteiger partial charge in [0.25, 0.3) is 0 Å². The minimum absolute atomic E-state index is 0.00308. The van der Waals surface area contributed by atoms with Gasteiger partial charge in [-0.2, -0.15) is 4.98 Å². The summed E-state index contributed by atoms with van der Waals surface area (Å²) in [5.74, 6) is -2.89. The van der Waals surface area contributed by atoms with Crippen molar-refractivity contribution in [3.63, 3.8) is 0 Å². The Kier molecular flexibility index (Phi) is 4.17. The van der Waals surface area contributed by atoms with Crippen molar-refractivity contribution in [2.24, 2.45) is 5.73 Å². The molecule has 0 amide bonds. The molecule has 2 bridgehead atoms. The van der Waals surface area contributed by atoms with Gasteiger partial charge in [0, 0.05) is 19.1 Å². The molecule has 2 aliphatic heterocycles. The van der Waals surface area contributed by atoms with Crippen LogP contribution in [-0.2, 0) is 9.59 Å². The van der Waals surface area contributed by atoms with Crippen molar-refractivity contribution >= 4 is 29.1 Å². The summed E-state index contributed by atoms with van der Waals surface area (Å²) in [6, 6.07) is -0.109. The van der Waals surface area contributed by atoms with Crippen molar-refractivity contribution in [2.45, 2.75) is 31.1 Å². The molecule has 5 N–H and O–H groups in total. The van der Waals surface area contributed by atoms with Gasteiger partial charge in [-0.3, -0.25) is 4.79 Å². The number of aromatic amines is 1. The summed E-state index contributed by atoms with van der Waals surface area (Å²) in [4.78, 5) is 66.8. The van der Waals surface area contributed by atoms with Gasteiger partial charge >= 0.3 is 23.2 Å². The molecule has 0 spiro atoms. The SMILES string of the molecule is N[C@@H]1CCCN(c2nc3c([nH]2)c(=O)n2c(=O)n3OC(=O)C(O)C(O)C(=O)O2)C1. The maximum atomic E-state index is 12.6. The molecule has 1 saturated heterocycles. The smallest absolute Gasteiger partial charge is 0.379 e. The third kappa shape index (κ3) is 2.74. The first kappa shape index (κ1) is 18.1. The zero-order valence-electron chi connectivity index (χ0n) is 14.3. The van der Waals surface area contributed by atoms with E-state index in [1.807, 2.05) is 0 Å². The van der Waals surface area contributed by atoms with E-state index in [4.69, 9.17) is 10.6 Å². The molecule has 2 unspecified atom stereocenters. The van der Waals surface area contributed by atoms with Gasteiger partial charge in [-0.15, -0.1) is 0 Å². The van der Waals surface area contributed by atoms with E-state index in [-0.39, 0.29) is 27.9 Å². The Hall–Kier alpha value is -3.23. The second-order valence-electron chi connectivity index (χ2n) is 6.49. The summed E-state index contributed by atoms with van der Waals surface area (Å²) in [5, 5.41) is 19.3. The molecule has 3 atom stereocenters. The monoisotopic (exact) mass is 396 g/mol. The fraction of sp³-hybridized carbons (Fsp3) is 0.500. The zero-order valence-corrected chi connectivity index (χ0v) is 14.3. The number of anilines is 1. The van der Waals surface area contributed by atoms with Gasteiger partial charge in [0.15, 0.2) is 17.7 Å².